The lowest BCUT2D eigenvalue weighted by molar-refractivity contribution is -0.138. The molecular weight excluding hydrogens is 357 g/mol. The first-order valence-electron chi connectivity index (χ1n) is 8.05. The number of benzene rings is 1. The van der Waals surface area contributed by atoms with Crippen molar-refractivity contribution in [1.29, 1.82) is 0 Å². The number of aromatic nitrogens is 3. The highest BCUT2D eigenvalue weighted by Crippen LogP contribution is 2.34. The van der Waals surface area contributed by atoms with E-state index >= 15 is 0 Å². The Morgan fingerprint density at radius 1 is 1.04 bits per heavy atom. The van der Waals surface area contributed by atoms with E-state index < -0.39 is 23.7 Å². The predicted molar refractivity (Wildman–Crippen MR) is 92.6 cm³/mol. The van der Waals surface area contributed by atoms with Gasteiger partial charge < -0.3 is 5.32 Å². The number of carbonyl (C=O) groups excluding carboxylic acids is 1. The summed E-state index contributed by atoms with van der Waals surface area (Å²) in [4.78, 5) is 24.5. The fraction of sp³-hybridized carbons (Fsp3) is 0.158. The summed E-state index contributed by atoms with van der Waals surface area (Å²) in [6, 6.07) is 7.76. The van der Waals surface area contributed by atoms with Crippen molar-refractivity contribution in [2.24, 2.45) is 0 Å². The van der Waals surface area contributed by atoms with Crippen LogP contribution < -0.4 is 5.32 Å². The number of rotatable bonds is 4. The highest BCUT2D eigenvalue weighted by molar-refractivity contribution is 5.94. The van der Waals surface area contributed by atoms with Crippen molar-refractivity contribution in [3.05, 3.63) is 77.9 Å². The van der Waals surface area contributed by atoms with Crippen molar-refractivity contribution >= 4 is 5.91 Å². The SMILES string of the molecule is C[C@@H](NC(=O)c1cnc(-c2ccncc2)nc1)c1ccccc1C(F)(F)F. The monoisotopic (exact) mass is 372 g/mol. The number of pyridine rings is 1. The number of carbonyl (C=O) groups is 1. The molecule has 0 saturated heterocycles. The van der Waals surface area contributed by atoms with E-state index in [-0.39, 0.29) is 11.1 Å². The standard InChI is InChI=1S/C19H15F3N4O/c1-12(15-4-2-3-5-16(15)19(20,21)22)26-18(27)14-10-24-17(25-11-14)13-6-8-23-9-7-13/h2-12H,1H3,(H,26,27)/t12-/m1/s1. The van der Waals surface area contributed by atoms with E-state index in [0.717, 1.165) is 11.6 Å². The van der Waals surface area contributed by atoms with E-state index in [1.807, 2.05) is 0 Å². The molecule has 0 radical (unpaired) electrons. The van der Waals surface area contributed by atoms with Gasteiger partial charge in [-0.3, -0.25) is 9.78 Å². The molecule has 0 bridgehead atoms. The van der Waals surface area contributed by atoms with Gasteiger partial charge >= 0.3 is 6.18 Å². The van der Waals surface area contributed by atoms with Crippen molar-refractivity contribution in [1.82, 2.24) is 20.3 Å². The van der Waals surface area contributed by atoms with Crippen LogP contribution in [0.3, 0.4) is 0 Å². The van der Waals surface area contributed by atoms with Crippen LogP contribution in [0.4, 0.5) is 13.2 Å². The Hall–Kier alpha value is -3.29. The van der Waals surface area contributed by atoms with Crippen LogP contribution in [-0.4, -0.2) is 20.9 Å². The second-order valence-corrected chi connectivity index (χ2v) is 5.81. The highest BCUT2D eigenvalue weighted by atomic mass is 19.4. The molecular formula is C19H15F3N4O. The minimum Gasteiger partial charge on any atom is -0.345 e. The Kier molecular flexibility index (Phi) is 5.16. The Morgan fingerprint density at radius 3 is 2.30 bits per heavy atom. The van der Waals surface area contributed by atoms with Crippen molar-refractivity contribution in [3.63, 3.8) is 0 Å². The second kappa shape index (κ2) is 7.53. The number of amides is 1. The molecule has 1 atom stereocenters. The lowest BCUT2D eigenvalue weighted by Crippen LogP contribution is -2.28. The summed E-state index contributed by atoms with van der Waals surface area (Å²) in [6.45, 7) is 1.49. The summed E-state index contributed by atoms with van der Waals surface area (Å²) in [5.74, 6) is -0.134. The lowest BCUT2D eigenvalue weighted by atomic mass is 10.0. The number of hydrogen-bond donors (Lipinski definition) is 1. The molecule has 0 aliphatic heterocycles. The van der Waals surface area contributed by atoms with Gasteiger partial charge in [-0.05, 0) is 30.7 Å². The van der Waals surface area contributed by atoms with E-state index in [4.69, 9.17) is 0 Å². The van der Waals surface area contributed by atoms with Crippen LogP contribution in [0.15, 0.2) is 61.2 Å². The largest absolute Gasteiger partial charge is 0.416 e. The van der Waals surface area contributed by atoms with Gasteiger partial charge in [0.25, 0.3) is 5.91 Å². The molecule has 0 spiro atoms. The summed E-state index contributed by atoms with van der Waals surface area (Å²) >= 11 is 0. The summed E-state index contributed by atoms with van der Waals surface area (Å²) < 4.78 is 39.4. The van der Waals surface area contributed by atoms with Gasteiger partial charge in [-0.25, -0.2) is 9.97 Å². The minimum absolute atomic E-state index is 0.00678. The first-order chi connectivity index (χ1) is 12.9. The molecule has 3 rings (SSSR count). The molecule has 0 aliphatic rings. The number of nitrogens with zero attached hydrogens (tertiary/aromatic N) is 3. The van der Waals surface area contributed by atoms with Crippen LogP contribution in [0.5, 0.6) is 0 Å². The van der Waals surface area contributed by atoms with Crippen LogP contribution in [0, 0.1) is 0 Å². The molecule has 0 fully saturated rings. The third-order valence-corrected chi connectivity index (χ3v) is 3.93. The third-order valence-electron chi connectivity index (χ3n) is 3.93. The smallest absolute Gasteiger partial charge is 0.345 e. The molecule has 3 aromatic rings. The normalized spacial score (nSPS) is 12.4. The molecule has 5 nitrogen and oxygen atoms in total. The van der Waals surface area contributed by atoms with E-state index in [2.05, 4.69) is 20.3 Å². The van der Waals surface area contributed by atoms with Crippen molar-refractivity contribution in [2.75, 3.05) is 0 Å². The van der Waals surface area contributed by atoms with E-state index in [1.54, 1.807) is 24.5 Å². The summed E-state index contributed by atoms with van der Waals surface area (Å²) in [6.07, 6.45) is 1.37. The molecule has 1 amide bonds. The molecule has 0 aliphatic carbocycles. The Morgan fingerprint density at radius 2 is 1.67 bits per heavy atom. The average molecular weight is 372 g/mol. The first kappa shape index (κ1) is 18.5. The Balaban J connectivity index is 1.76. The Bertz CT molecular complexity index is 928. The number of alkyl halides is 3. The number of hydrogen-bond acceptors (Lipinski definition) is 4. The maximum atomic E-state index is 13.1. The molecule has 0 saturated carbocycles. The van der Waals surface area contributed by atoms with Gasteiger partial charge in [0.05, 0.1) is 17.2 Å². The predicted octanol–water partition coefficient (Wildman–Crippen LogP) is 4.05. The molecule has 27 heavy (non-hydrogen) atoms. The van der Waals surface area contributed by atoms with Gasteiger partial charge in [-0.2, -0.15) is 13.2 Å². The quantitative estimate of drug-likeness (QED) is 0.750. The van der Waals surface area contributed by atoms with Crippen molar-refractivity contribution in [2.45, 2.75) is 19.1 Å². The maximum absolute atomic E-state index is 13.1. The summed E-state index contributed by atoms with van der Waals surface area (Å²) in [5, 5.41) is 2.56. The minimum atomic E-state index is -4.50. The van der Waals surface area contributed by atoms with Crippen LogP contribution in [-0.2, 0) is 6.18 Å². The van der Waals surface area contributed by atoms with Crippen molar-refractivity contribution < 1.29 is 18.0 Å². The third kappa shape index (κ3) is 4.28. The van der Waals surface area contributed by atoms with Gasteiger partial charge in [0.2, 0.25) is 0 Å². The fourth-order valence-corrected chi connectivity index (χ4v) is 2.59. The molecule has 2 aromatic heterocycles. The Labute approximate surface area is 153 Å². The van der Waals surface area contributed by atoms with E-state index in [0.29, 0.717) is 5.82 Å². The summed E-state index contributed by atoms with van der Waals surface area (Å²) in [7, 11) is 0. The zero-order chi connectivity index (χ0) is 19.4. The van der Waals surface area contributed by atoms with Gasteiger partial charge in [0.1, 0.15) is 0 Å². The van der Waals surface area contributed by atoms with Crippen LogP contribution >= 0.6 is 0 Å². The van der Waals surface area contributed by atoms with Crippen LogP contribution in [0.2, 0.25) is 0 Å². The van der Waals surface area contributed by atoms with Gasteiger partial charge in [0, 0.05) is 30.4 Å². The number of nitrogens with one attached hydrogen (secondary N) is 1. The zero-order valence-corrected chi connectivity index (χ0v) is 14.2. The molecule has 1 N–H and O–H groups in total. The second-order valence-electron chi connectivity index (χ2n) is 5.81. The van der Waals surface area contributed by atoms with Crippen molar-refractivity contribution in [3.8, 4) is 11.4 Å². The van der Waals surface area contributed by atoms with Crippen LogP contribution in [0.1, 0.15) is 34.5 Å². The molecule has 1 aromatic carbocycles. The highest BCUT2D eigenvalue weighted by Gasteiger charge is 2.34. The molecule has 8 heteroatoms. The lowest BCUT2D eigenvalue weighted by Gasteiger charge is -2.19. The van der Waals surface area contributed by atoms with Gasteiger partial charge in [-0.1, -0.05) is 18.2 Å². The van der Waals surface area contributed by atoms with E-state index in [9.17, 15) is 18.0 Å². The van der Waals surface area contributed by atoms with Gasteiger partial charge in [0.15, 0.2) is 5.82 Å². The van der Waals surface area contributed by atoms with E-state index in [1.165, 1.54) is 37.5 Å². The fourth-order valence-electron chi connectivity index (χ4n) is 2.59. The van der Waals surface area contributed by atoms with Gasteiger partial charge in [-0.15, -0.1) is 0 Å². The molecule has 2 heterocycles. The maximum Gasteiger partial charge on any atom is 0.416 e. The average Bonchev–Trinajstić information content (AvgIpc) is 2.68. The topological polar surface area (TPSA) is 67.8 Å². The number of halogens is 3. The van der Waals surface area contributed by atoms with Crippen LogP contribution in [0.25, 0.3) is 11.4 Å². The summed E-state index contributed by atoms with van der Waals surface area (Å²) in [5.41, 5.74) is 0.114. The molecule has 0 unspecified atom stereocenters. The zero-order valence-electron chi connectivity index (χ0n) is 14.2. The molecule has 138 valence electrons. The first-order valence-corrected chi connectivity index (χ1v) is 8.05.